The summed E-state index contributed by atoms with van der Waals surface area (Å²) >= 11 is 0. The number of nitrogens with one attached hydrogen (secondary N) is 1. The highest BCUT2D eigenvalue weighted by Gasteiger charge is 2.64. The number of carboxylic acid groups (broad SMARTS) is 1. The summed E-state index contributed by atoms with van der Waals surface area (Å²) in [6.07, 6.45) is 1.44. The van der Waals surface area contributed by atoms with Crippen LogP contribution in [0.15, 0.2) is 0 Å². The van der Waals surface area contributed by atoms with Gasteiger partial charge in [0.15, 0.2) is 0 Å². The largest absolute Gasteiger partial charge is 0.481 e. The normalized spacial score (nSPS) is 28.0. The zero-order valence-electron chi connectivity index (χ0n) is 12.9. The van der Waals surface area contributed by atoms with Gasteiger partial charge in [0.25, 0.3) is 0 Å². The number of hydrogen-bond acceptors (Lipinski definition) is 2. The second-order valence-electron chi connectivity index (χ2n) is 7.31. The first-order valence-corrected chi connectivity index (χ1v) is 7.43. The number of urea groups is 1. The summed E-state index contributed by atoms with van der Waals surface area (Å²) in [5.74, 6) is -0.728. The molecule has 1 aliphatic carbocycles. The fourth-order valence-electron chi connectivity index (χ4n) is 3.51. The maximum atomic E-state index is 12.1. The number of piperidine rings is 1. The number of carbonyl (C=O) groups excluding carboxylic acids is 1. The van der Waals surface area contributed by atoms with Crippen molar-refractivity contribution in [3.05, 3.63) is 0 Å². The third kappa shape index (κ3) is 2.50. The average Bonchev–Trinajstić information content (AvgIpc) is 2.77. The summed E-state index contributed by atoms with van der Waals surface area (Å²) in [6.45, 7) is 10.6. The smallest absolute Gasteiger partial charge is 0.317 e. The Kier molecular flexibility index (Phi) is 3.73. The number of carboxylic acids is 1. The molecule has 5 heteroatoms. The molecule has 0 unspecified atom stereocenters. The Morgan fingerprint density at radius 3 is 2.35 bits per heavy atom. The lowest BCUT2D eigenvalue weighted by atomic mass is 9.99. The Labute approximate surface area is 120 Å². The standard InChI is InChI=1S/C15H26N2O3/c1-14(2)11(15(14,3)4)8-16-13(20)17-7-5-6-10(9-17)12(18)19/h10-11H,5-9H2,1-4H3,(H,16,20)(H,18,19)/t10-/m0/s1. The van der Waals surface area contributed by atoms with Gasteiger partial charge in [0.1, 0.15) is 0 Å². The second-order valence-corrected chi connectivity index (χ2v) is 7.31. The molecular weight excluding hydrogens is 256 g/mol. The second kappa shape index (κ2) is 4.93. The van der Waals surface area contributed by atoms with Gasteiger partial charge in [-0.15, -0.1) is 0 Å². The molecule has 1 saturated carbocycles. The van der Waals surface area contributed by atoms with Crippen molar-refractivity contribution in [1.29, 1.82) is 0 Å². The van der Waals surface area contributed by atoms with E-state index in [1.54, 1.807) is 4.90 Å². The molecule has 1 heterocycles. The Hall–Kier alpha value is -1.26. The molecule has 2 aliphatic rings. The average molecular weight is 282 g/mol. The number of likely N-dealkylation sites (tertiary alicyclic amines) is 1. The summed E-state index contributed by atoms with van der Waals surface area (Å²) in [7, 11) is 0. The van der Waals surface area contributed by atoms with Crippen molar-refractivity contribution in [2.75, 3.05) is 19.6 Å². The van der Waals surface area contributed by atoms with Gasteiger partial charge in [0.2, 0.25) is 0 Å². The summed E-state index contributed by atoms with van der Waals surface area (Å²) in [6, 6.07) is -0.116. The minimum absolute atomic E-state index is 0.116. The van der Waals surface area contributed by atoms with Gasteiger partial charge in [0.05, 0.1) is 5.92 Å². The van der Waals surface area contributed by atoms with E-state index in [4.69, 9.17) is 5.11 Å². The number of carbonyl (C=O) groups is 2. The van der Waals surface area contributed by atoms with Gasteiger partial charge in [-0.25, -0.2) is 4.79 Å². The lowest BCUT2D eigenvalue weighted by Gasteiger charge is -2.30. The topological polar surface area (TPSA) is 69.6 Å². The van der Waals surface area contributed by atoms with Crippen LogP contribution in [0.3, 0.4) is 0 Å². The van der Waals surface area contributed by atoms with Crippen LogP contribution in [0.1, 0.15) is 40.5 Å². The van der Waals surface area contributed by atoms with Crippen LogP contribution in [0, 0.1) is 22.7 Å². The van der Waals surface area contributed by atoms with Gasteiger partial charge in [-0.2, -0.15) is 0 Å². The van der Waals surface area contributed by atoms with Crippen molar-refractivity contribution in [3.8, 4) is 0 Å². The molecular formula is C15H26N2O3. The van der Waals surface area contributed by atoms with Crippen molar-refractivity contribution >= 4 is 12.0 Å². The quantitative estimate of drug-likeness (QED) is 0.833. The van der Waals surface area contributed by atoms with E-state index in [9.17, 15) is 9.59 Å². The maximum Gasteiger partial charge on any atom is 0.317 e. The number of aliphatic carboxylic acids is 1. The molecule has 0 aromatic rings. The van der Waals surface area contributed by atoms with E-state index in [1.165, 1.54) is 0 Å². The molecule has 0 radical (unpaired) electrons. The zero-order valence-corrected chi connectivity index (χ0v) is 12.9. The van der Waals surface area contributed by atoms with E-state index in [2.05, 4.69) is 33.0 Å². The number of rotatable bonds is 3. The predicted octanol–water partition coefficient (Wildman–Crippen LogP) is 2.17. The lowest BCUT2D eigenvalue weighted by Crippen LogP contribution is -2.47. The van der Waals surface area contributed by atoms with Crippen LogP contribution in [0.2, 0.25) is 0 Å². The summed E-state index contributed by atoms with van der Waals surface area (Å²) < 4.78 is 0. The van der Waals surface area contributed by atoms with Crippen molar-refractivity contribution in [3.63, 3.8) is 0 Å². The first-order chi connectivity index (χ1) is 9.18. The Bertz CT molecular complexity index is 403. The van der Waals surface area contributed by atoms with Crippen molar-refractivity contribution in [2.24, 2.45) is 22.7 Å². The van der Waals surface area contributed by atoms with Gasteiger partial charge >= 0.3 is 12.0 Å². The minimum Gasteiger partial charge on any atom is -0.481 e. The van der Waals surface area contributed by atoms with Gasteiger partial charge in [-0.1, -0.05) is 27.7 Å². The van der Waals surface area contributed by atoms with Crippen LogP contribution in [-0.4, -0.2) is 41.6 Å². The molecule has 0 aromatic carbocycles. The molecule has 2 rings (SSSR count). The van der Waals surface area contributed by atoms with E-state index in [0.29, 0.717) is 32.0 Å². The first kappa shape index (κ1) is 15.1. The van der Waals surface area contributed by atoms with Crippen LogP contribution in [-0.2, 0) is 4.79 Å². The van der Waals surface area contributed by atoms with Crippen LogP contribution < -0.4 is 5.32 Å². The van der Waals surface area contributed by atoms with Crippen LogP contribution in [0.4, 0.5) is 4.79 Å². The Morgan fingerprint density at radius 1 is 1.25 bits per heavy atom. The third-order valence-electron chi connectivity index (χ3n) is 5.83. The number of hydrogen-bond donors (Lipinski definition) is 2. The van der Waals surface area contributed by atoms with E-state index in [0.717, 1.165) is 6.42 Å². The van der Waals surface area contributed by atoms with Gasteiger partial charge in [-0.05, 0) is 29.6 Å². The fourth-order valence-corrected chi connectivity index (χ4v) is 3.51. The van der Waals surface area contributed by atoms with Crippen LogP contribution in [0.5, 0.6) is 0 Å². The SMILES string of the molecule is CC1(C)C(CNC(=O)N2CCC[C@H](C(=O)O)C2)C1(C)C. The number of nitrogens with zero attached hydrogens (tertiary/aromatic N) is 1. The van der Waals surface area contributed by atoms with E-state index < -0.39 is 11.9 Å². The summed E-state index contributed by atoms with van der Waals surface area (Å²) in [4.78, 5) is 24.8. The maximum absolute atomic E-state index is 12.1. The predicted molar refractivity (Wildman–Crippen MR) is 76.4 cm³/mol. The Balaban J connectivity index is 1.83. The highest BCUT2D eigenvalue weighted by molar-refractivity contribution is 5.76. The first-order valence-electron chi connectivity index (χ1n) is 7.43. The molecule has 1 saturated heterocycles. The zero-order chi connectivity index (χ0) is 15.1. The molecule has 2 N–H and O–H groups in total. The lowest BCUT2D eigenvalue weighted by molar-refractivity contribution is -0.143. The van der Waals surface area contributed by atoms with Gasteiger partial charge < -0.3 is 15.3 Å². The van der Waals surface area contributed by atoms with Gasteiger partial charge in [0, 0.05) is 19.6 Å². The minimum atomic E-state index is -0.799. The highest BCUT2D eigenvalue weighted by atomic mass is 16.4. The molecule has 114 valence electrons. The van der Waals surface area contributed by atoms with Crippen LogP contribution >= 0.6 is 0 Å². The molecule has 5 nitrogen and oxygen atoms in total. The van der Waals surface area contributed by atoms with E-state index >= 15 is 0 Å². The molecule has 0 aromatic heterocycles. The van der Waals surface area contributed by atoms with E-state index in [-0.39, 0.29) is 16.9 Å². The highest BCUT2D eigenvalue weighted by Crippen LogP contribution is 2.67. The van der Waals surface area contributed by atoms with Crippen molar-refractivity contribution in [2.45, 2.75) is 40.5 Å². The Morgan fingerprint density at radius 2 is 1.85 bits per heavy atom. The molecule has 0 bridgehead atoms. The molecule has 0 spiro atoms. The van der Waals surface area contributed by atoms with E-state index in [1.807, 2.05) is 0 Å². The van der Waals surface area contributed by atoms with Crippen molar-refractivity contribution in [1.82, 2.24) is 10.2 Å². The summed E-state index contributed by atoms with van der Waals surface area (Å²) in [5, 5.41) is 12.0. The summed E-state index contributed by atoms with van der Waals surface area (Å²) in [5.41, 5.74) is 0.511. The molecule has 1 aliphatic heterocycles. The number of amides is 2. The van der Waals surface area contributed by atoms with Crippen LogP contribution in [0.25, 0.3) is 0 Å². The fraction of sp³-hybridized carbons (Fsp3) is 0.867. The molecule has 2 amide bonds. The third-order valence-corrected chi connectivity index (χ3v) is 5.83. The molecule has 1 atom stereocenters. The van der Waals surface area contributed by atoms with Gasteiger partial charge in [-0.3, -0.25) is 4.79 Å². The monoisotopic (exact) mass is 282 g/mol. The van der Waals surface area contributed by atoms with Crippen molar-refractivity contribution < 1.29 is 14.7 Å². The molecule has 20 heavy (non-hydrogen) atoms. The molecule has 2 fully saturated rings.